The number of carbonyl (C=O) groups excluding carboxylic acids is 1. The number of alkyl halides is 3. The largest absolute Gasteiger partial charge is 0.497 e. The molecule has 6 heteroatoms. The van der Waals surface area contributed by atoms with Crippen molar-refractivity contribution in [2.24, 2.45) is 0 Å². The van der Waals surface area contributed by atoms with E-state index in [2.05, 4.69) is 0 Å². The molecule has 0 aliphatic heterocycles. The van der Waals surface area contributed by atoms with Crippen LogP contribution in [0.15, 0.2) is 24.3 Å². The topological polar surface area (TPSA) is 26.3 Å². The third-order valence-corrected chi connectivity index (χ3v) is 2.89. The van der Waals surface area contributed by atoms with Crippen molar-refractivity contribution in [1.29, 1.82) is 0 Å². The Hall–Kier alpha value is -1.17. The molecule has 94 valence electrons. The molecule has 0 amide bonds. The zero-order valence-electron chi connectivity index (χ0n) is 9.25. The minimum Gasteiger partial charge on any atom is -0.497 e. The van der Waals surface area contributed by atoms with Crippen LogP contribution in [-0.2, 0) is 0 Å². The van der Waals surface area contributed by atoms with Crippen molar-refractivity contribution in [3.05, 3.63) is 29.8 Å². The number of halogens is 3. The van der Waals surface area contributed by atoms with Gasteiger partial charge in [0.1, 0.15) is 5.75 Å². The number of rotatable bonds is 4. The third-order valence-electron chi connectivity index (χ3n) is 2.05. The standard InChI is InChI=1S/C11H11F3O2S/c1-7(17-11(12,13)14)10(15)8-3-5-9(16-2)6-4-8/h3-7H,1-2H3. The summed E-state index contributed by atoms with van der Waals surface area (Å²) in [5, 5.41) is -1.15. The van der Waals surface area contributed by atoms with E-state index in [1.165, 1.54) is 38.3 Å². The minimum absolute atomic E-state index is 0.245. The van der Waals surface area contributed by atoms with Gasteiger partial charge in [0, 0.05) is 5.56 Å². The zero-order valence-corrected chi connectivity index (χ0v) is 10.1. The predicted molar refractivity (Wildman–Crippen MR) is 60.4 cm³/mol. The van der Waals surface area contributed by atoms with Gasteiger partial charge in [-0.3, -0.25) is 4.79 Å². The second-order valence-electron chi connectivity index (χ2n) is 3.30. The Labute approximate surface area is 101 Å². The molecular weight excluding hydrogens is 253 g/mol. The molecule has 17 heavy (non-hydrogen) atoms. The van der Waals surface area contributed by atoms with Gasteiger partial charge in [-0.1, -0.05) is 0 Å². The Kier molecular flexibility index (Phi) is 4.45. The highest BCUT2D eigenvalue weighted by Gasteiger charge is 2.34. The lowest BCUT2D eigenvalue weighted by molar-refractivity contribution is -0.0332. The zero-order chi connectivity index (χ0) is 13.1. The summed E-state index contributed by atoms with van der Waals surface area (Å²) >= 11 is -0.311. The van der Waals surface area contributed by atoms with E-state index < -0.39 is 16.5 Å². The number of Topliss-reactive ketones (excluding diaryl/α,β-unsaturated/α-hetero) is 1. The fourth-order valence-electron chi connectivity index (χ4n) is 1.24. The van der Waals surface area contributed by atoms with Gasteiger partial charge < -0.3 is 4.74 Å². The number of carbonyl (C=O) groups is 1. The van der Waals surface area contributed by atoms with Crippen molar-refractivity contribution in [2.75, 3.05) is 7.11 Å². The van der Waals surface area contributed by atoms with Crippen molar-refractivity contribution >= 4 is 17.5 Å². The lowest BCUT2D eigenvalue weighted by atomic mass is 10.1. The van der Waals surface area contributed by atoms with Crippen LogP contribution in [0.25, 0.3) is 0 Å². The van der Waals surface area contributed by atoms with Gasteiger partial charge in [-0.25, -0.2) is 0 Å². The molecule has 0 aliphatic rings. The molecule has 1 rings (SSSR count). The first-order valence-electron chi connectivity index (χ1n) is 4.76. The van der Waals surface area contributed by atoms with E-state index in [0.29, 0.717) is 5.75 Å². The minimum atomic E-state index is -4.40. The van der Waals surface area contributed by atoms with Crippen LogP contribution in [0.4, 0.5) is 13.2 Å². The van der Waals surface area contributed by atoms with Crippen molar-refractivity contribution in [1.82, 2.24) is 0 Å². The van der Waals surface area contributed by atoms with Crippen molar-refractivity contribution in [3.63, 3.8) is 0 Å². The van der Waals surface area contributed by atoms with Crippen LogP contribution >= 0.6 is 11.8 Å². The predicted octanol–water partition coefficient (Wildman–Crippen LogP) is 3.52. The number of thioether (sulfide) groups is 1. The second kappa shape index (κ2) is 5.44. The maximum atomic E-state index is 12.1. The number of methoxy groups -OCH3 is 1. The van der Waals surface area contributed by atoms with Crippen LogP contribution in [0.2, 0.25) is 0 Å². The normalized spacial score (nSPS) is 13.2. The van der Waals surface area contributed by atoms with E-state index in [1.807, 2.05) is 0 Å². The average molecular weight is 264 g/mol. The monoisotopic (exact) mass is 264 g/mol. The maximum absolute atomic E-state index is 12.1. The molecule has 1 unspecified atom stereocenters. The molecule has 0 bridgehead atoms. The summed E-state index contributed by atoms with van der Waals surface area (Å²) in [6.07, 6.45) is 0. The molecule has 0 aromatic heterocycles. The van der Waals surface area contributed by atoms with E-state index in [4.69, 9.17) is 4.74 Å². The van der Waals surface area contributed by atoms with E-state index >= 15 is 0 Å². The van der Waals surface area contributed by atoms with Crippen LogP contribution in [0.3, 0.4) is 0 Å². The highest BCUT2D eigenvalue weighted by atomic mass is 32.2. The fourth-order valence-corrected chi connectivity index (χ4v) is 1.89. The molecule has 0 radical (unpaired) electrons. The molecular formula is C11H11F3O2S. The van der Waals surface area contributed by atoms with Crippen LogP contribution in [0, 0.1) is 0 Å². The molecule has 0 saturated carbocycles. The number of hydrogen-bond acceptors (Lipinski definition) is 3. The van der Waals surface area contributed by atoms with Crippen LogP contribution in [0.5, 0.6) is 5.75 Å². The number of hydrogen-bond donors (Lipinski definition) is 0. The van der Waals surface area contributed by atoms with E-state index in [9.17, 15) is 18.0 Å². The van der Waals surface area contributed by atoms with Crippen LogP contribution < -0.4 is 4.74 Å². The average Bonchev–Trinajstić information content (AvgIpc) is 2.26. The van der Waals surface area contributed by atoms with Gasteiger partial charge in [-0.2, -0.15) is 13.2 Å². The van der Waals surface area contributed by atoms with Gasteiger partial charge >= 0.3 is 5.51 Å². The van der Waals surface area contributed by atoms with Gasteiger partial charge in [0.25, 0.3) is 0 Å². The van der Waals surface area contributed by atoms with Gasteiger partial charge in [0.05, 0.1) is 12.4 Å². The highest BCUT2D eigenvalue weighted by Crippen LogP contribution is 2.35. The molecule has 0 heterocycles. The smallest absolute Gasteiger partial charge is 0.442 e. The number of ether oxygens (including phenoxy) is 1. The van der Waals surface area contributed by atoms with Gasteiger partial charge in [0.15, 0.2) is 5.78 Å². The van der Waals surface area contributed by atoms with Crippen molar-refractivity contribution < 1.29 is 22.7 Å². The van der Waals surface area contributed by atoms with Gasteiger partial charge in [-0.15, -0.1) is 0 Å². The second-order valence-corrected chi connectivity index (χ2v) is 4.70. The molecule has 0 N–H and O–H groups in total. The lowest BCUT2D eigenvalue weighted by Gasteiger charge is -2.12. The Morgan fingerprint density at radius 2 is 1.82 bits per heavy atom. The molecule has 0 fully saturated rings. The lowest BCUT2D eigenvalue weighted by Crippen LogP contribution is -2.18. The fraction of sp³-hybridized carbons (Fsp3) is 0.364. The van der Waals surface area contributed by atoms with E-state index in [0.717, 1.165) is 0 Å². The van der Waals surface area contributed by atoms with Crippen molar-refractivity contribution in [2.45, 2.75) is 17.7 Å². The van der Waals surface area contributed by atoms with E-state index in [-0.39, 0.29) is 17.3 Å². The quantitative estimate of drug-likeness (QED) is 0.778. The SMILES string of the molecule is COc1ccc(C(=O)C(C)SC(F)(F)F)cc1. The third kappa shape index (κ3) is 4.30. The van der Waals surface area contributed by atoms with Crippen molar-refractivity contribution in [3.8, 4) is 5.75 Å². The van der Waals surface area contributed by atoms with Crippen LogP contribution in [-0.4, -0.2) is 23.7 Å². The summed E-state index contributed by atoms with van der Waals surface area (Å²) < 4.78 is 41.2. The summed E-state index contributed by atoms with van der Waals surface area (Å²) in [5.74, 6) is 0.00709. The Morgan fingerprint density at radius 1 is 1.29 bits per heavy atom. The molecule has 0 aliphatic carbocycles. The maximum Gasteiger partial charge on any atom is 0.442 e. The molecule has 0 spiro atoms. The first-order chi connectivity index (χ1) is 7.83. The van der Waals surface area contributed by atoms with E-state index in [1.54, 1.807) is 0 Å². The summed E-state index contributed by atoms with van der Waals surface area (Å²) in [6.45, 7) is 1.24. The highest BCUT2D eigenvalue weighted by molar-refractivity contribution is 8.01. The number of ketones is 1. The summed E-state index contributed by atoms with van der Waals surface area (Å²) in [4.78, 5) is 11.7. The molecule has 0 saturated heterocycles. The summed E-state index contributed by atoms with van der Waals surface area (Å²) in [6, 6.07) is 5.99. The van der Waals surface area contributed by atoms with Gasteiger partial charge in [0.2, 0.25) is 0 Å². The molecule has 1 aromatic carbocycles. The molecule has 1 atom stereocenters. The Balaban J connectivity index is 2.75. The molecule has 2 nitrogen and oxygen atoms in total. The number of benzene rings is 1. The first-order valence-corrected chi connectivity index (χ1v) is 5.64. The van der Waals surface area contributed by atoms with Crippen LogP contribution in [0.1, 0.15) is 17.3 Å². The van der Waals surface area contributed by atoms with Gasteiger partial charge in [-0.05, 0) is 43.0 Å². The first kappa shape index (κ1) is 13.9. The Bertz CT molecular complexity index is 387. The summed E-state index contributed by atoms with van der Waals surface area (Å²) in [5.41, 5.74) is -4.16. The Morgan fingerprint density at radius 3 is 2.24 bits per heavy atom. The summed E-state index contributed by atoms with van der Waals surface area (Å²) in [7, 11) is 1.47. The molecule has 1 aromatic rings.